The molecular weight excluding hydrogens is 333 g/mol. The van der Waals surface area contributed by atoms with Gasteiger partial charge in [0, 0.05) is 22.9 Å². The van der Waals surface area contributed by atoms with Gasteiger partial charge in [-0.2, -0.15) is 13.2 Å². The van der Waals surface area contributed by atoms with Crippen LogP contribution in [-0.4, -0.2) is 29.0 Å². The minimum atomic E-state index is -4.32. The van der Waals surface area contributed by atoms with E-state index in [2.05, 4.69) is 23.7 Å². The Kier molecular flexibility index (Phi) is 4.97. The lowest BCUT2D eigenvalue weighted by molar-refractivity contribution is -0.137. The molecule has 1 fully saturated rings. The van der Waals surface area contributed by atoms with Crippen LogP contribution in [0.15, 0.2) is 29.6 Å². The van der Waals surface area contributed by atoms with Crippen LogP contribution in [0.25, 0.3) is 11.3 Å². The van der Waals surface area contributed by atoms with Crippen LogP contribution < -0.4 is 0 Å². The fourth-order valence-corrected chi connectivity index (χ4v) is 4.13. The number of alkyl halides is 3. The van der Waals surface area contributed by atoms with Crippen LogP contribution in [0, 0.1) is 0 Å². The molecule has 2 aromatic rings. The zero-order chi connectivity index (χ0) is 17.3. The number of piperidine rings is 1. The smallest absolute Gasteiger partial charge is 0.301 e. The van der Waals surface area contributed by atoms with Crippen molar-refractivity contribution in [1.29, 1.82) is 0 Å². The van der Waals surface area contributed by atoms with E-state index in [1.165, 1.54) is 12.1 Å². The van der Waals surface area contributed by atoms with Gasteiger partial charge >= 0.3 is 6.18 Å². The van der Waals surface area contributed by atoms with Crippen molar-refractivity contribution in [3.05, 3.63) is 40.2 Å². The van der Waals surface area contributed by atoms with Crippen LogP contribution >= 0.6 is 11.3 Å². The second kappa shape index (κ2) is 6.84. The second-order valence-electron chi connectivity index (χ2n) is 6.55. The van der Waals surface area contributed by atoms with Crippen molar-refractivity contribution < 1.29 is 13.2 Å². The number of aromatic nitrogens is 1. The van der Waals surface area contributed by atoms with E-state index in [4.69, 9.17) is 0 Å². The molecule has 130 valence electrons. The normalized spacial score (nSPS) is 17.6. The van der Waals surface area contributed by atoms with Crippen LogP contribution in [-0.2, 0) is 6.18 Å². The van der Waals surface area contributed by atoms with Crippen LogP contribution in [0.5, 0.6) is 0 Å². The molecule has 0 N–H and O–H groups in total. The van der Waals surface area contributed by atoms with E-state index in [1.54, 1.807) is 17.4 Å². The van der Waals surface area contributed by atoms with Crippen molar-refractivity contribution in [3.8, 4) is 11.3 Å². The Morgan fingerprint density at radius 3 is 2.54 bits per heavy atom. The highest BCUT2D eigenvalue weighted by Gasteiger charge is 2.30. The lowest BCUT2D eigenvalue weighted by Crippen LogP contribution is -2.37. The number of nitrogens with zero attached hydrogens (tertiary/aromatic N) is 2. The molecule has 0 bridgehead atoms. The third-order valence-electron chi connectivity index (χ3n) is 4.62. The highest BCUT2D eigenvalue weighted by molar-refractivity contribution is 7.10. The fourth-order valence-electron chi connectivity index (χ4n) is 3.13. The van der Waals surface area contributed by atoms with Gasteiger partial charge in [-0.25, -0.2) is 4.98 Å². The van der Waals surface area contributed by atoms with E-state index in [0.717, 1.165) is 37.0 Å². The van der Waals surface area contributed by atoms with Crippen LogP contribution in [0.2, 0.25) is 0 Å². The molecule has 0 saturated carbocycles. The summed E-state index contributed by atoms with van der Waals surface area (Å²) in [5.74, 6) is 0.421. The first kappa shape index (κ1) is 17.4. The maximum atomic E-state index is 12.9. The maximum Gasteiger partial charge on any atom is 0.416 e. The highest BCUT2D eigenvalue weighted by Crippen LogP contribution is 2.35. The molecule has 2 nitrogen and oxygen atoms in total. The largest absolute Gasteiger partial charge is 0.416 e. The standard InChI is InChI=1S/C18H21F3N2S/c1-12(2)23-8-6-13(7-9-23)17-22-16(11-24-17)14-4-3-5-15(10-14)18(19,20)21/h3-5,10-13H,6-9H2,1-2H3. The van der Waals surface area contributed by atoms with E-state index >= 15 is 0 Å². The molecule has 3 rings (SSSR count). The van der Waals surface area contributed by atoms with Crippen molar-refractivity contribution >= 4 is 11.3 Å². The second-order valence-corrected chi connectivity index (χ2v) is 7.44. The first-order valence-electron chi connectivity index (χ1n) is 8.21. The number of halogens is 3. The Bertz CT molecular complexity index is 686. The highest BCUT2D eigenvalue weighted by atomic mass is 32.1. The van der Waals surface area contributed by atoms with Crippen LogP contribution in [0.4, 0.5) is 13.2 Å². The molecule has 1 aliphatic rings. The van der Waals surface area contributed by atoms with Gasteiger partial charge in [-0.1, -0.05) is 12.1 Å². The summed E-state index contributed by atoms with van der Waals surface area (Å²) in [6.07, 6.45) is -2.19. The average Bonchev–Trinajstić information content (AvgIpc) is 3.04. The van der Waals surface area contributed by atoms with Crippen LogP contribution in [0.1, 0.15) is 43.2 Å². The summed E-state index contributed by atoms with van der Waals surface area (Å²) in [5, 5.41) is 2.92. The summed E-state index contributed by atoms with van der Waals surface area (Å²) in [4.78, 5) is 7.09. The molecule has 0 aliphatic carbocycles. The van der Waals surface area contributed by atoms with Crippen molar-refractivity contribution in [2.45, 2.75) is 44.8 Å². The lowest BCUT2D eigenvalue weighted by atomic mass is 9.96. The minimum absolute atomic E-state index is 0.421. The third kappa shape index (κ3) is 3.81. The molecule has 6 heteroatoms. The SMILES string of the molecule is CC(C)N1CCC(c2nc(-c3cccc(C(F)(F)F)c3)cs2)CC1. The summed E-state index contributed by atoms with van der Waals surface area (Å²) in [7, 11) is 0. The van der Waals surface area contributed by atoms with Gasteiger partial charge in [0.15, 0.2) is 0 Å². The van der Waals surface area contributed by atoms with E-state index in [-0.39, 0.29) is 0 Å². The fraction of sp³-hybridized carbons (Fsp3) is 0.500. The predicted molar refractivity (Wildman–Crippen MR) is 91.2 cm³/mol. The van der Waals surface area contributed by atoms with Gasteiger partial charge in [0.1, 0.15) is 0 Å². The van der Waals surface area contributed by atoms with E-state index < -0.39 is 11.7 Å². The summed E-state index contributed by atoms with van der Waals surface area (Å²) >= 11 is 1.56. The Morgan fingerprint density at radius 2 is 1.92 bits per heavy atom. The molecule has 0 amide bonds. The number of benzene rings is 1. The molecular formula is C18H21F3N2S. The van der Waals surface area contributed by atoms with Gasteiger partial charge < -0.3 is 4.90 Å². The first-order chi connectivity index (χ1) is 11.3. The summed E-state index contributed by atoms with van der Waals surface area (Å²) in [6, 6.07) is 5.97. The molecule has 1 saturated heterocycles. The molecule has 24 heavy (non-hydrogen) atoms. The first-order valence-corrected chi connectivity index (χ1v) is 9.09. The monoisotopic (exact) mass is 354 g/mol. The molecule has 0 spiro atoms. The van der Waals surface area contributed by atoms with E-state index in [1.807, 2.05) is 5.38 Å². The van der Waals surface area contributed by atoms with E-state index in [0.29, 0.717) is 23.2 Å². The van der Waals surface area contributed by atoms with Crippen molar-refractivity contribution in [2.75, 3.05) is 13.1 Å². The molecule has 2 heterocycles. The molecule has 1 aromatic heterocycles. The summed E-state index contributed by atoms with van der Waals surface area (Å²) < 4.78 is 38.6. The topological polar surface area (TPSA) is 16.1 Å². The molecule has 1 aliphatic heterocycles. The van der Waals surface area contributed by atoms with Crippen molar-refractivity contribution in [1.82, 2.24) is 9.88 Å². The van der Waals surface area contributed by atoms with Crippen LogP contribution in [0.3, 0.4) is 0 Å². The molecule has 0 radical (unpaired) electrons. The van der Waals surface area contributed by atoms with Gasteiger partial charge in [0.2, 0.25) is 0 Å². The van der Waals surface area contributed by atoms with E-state index in [9.17, 15) is 13.2 Å². The number of thiazole rings is 1. The number of likely N-dealkylation sites (tertiary alicyclic amines) is 1. The Labute approximate surface area is 144 Å². The third-order valence-corrected chi connectivity index (χ3v) is 5.62. The average molecular weight is 354 g/mol. The Balaban J connectivity index is 1.75. The van der Waals surface area contributed by atoms with Gasteiger partial charge in [-0.15, -0.1) is 11.3 Å². The Hall–Kier alpha value is -1.40. The van der Waals surface area contributed by atoms with Gasteiger partial charge in [0.25, 0.3) is 0 Å². The zero-order valence-electron chi connectivity index (χ0n) is 13.8. The van der Waals surface area contributed by atoms with Gasteiger partial charge in [-0.3, -0.25) is 0 Å². The molecule has 0 atom stereocenters. The molecule has 0 unspecified atom stereocenters. The van der Waals surface area contributed by atoms with Crippen molar-refractivity contribution in [3.63, 3.8) is 0 Å². The Morgan fingerprint density at radius 1 is 1.21 bits per heavy atom. The summed E-state index contributed by atoms with van der Waals surface area (Å²) in [6.45, 7) is 6.52. The number of hydrogen-bond acceptors (Lipinski definition) is 3. The molecule has 1 aromatic carbocycles. The quantitative estimate of drug-likeness (QED) is 0.732. The number of rotatable bonds is 3. The zero-order valence-corrected chi connectivity index (χ0v) is 14.6. The predicted octanol–water partition coefficient (Wildman–Crippen LogP) is 5.42. The maximum absolute atomic E-state index is 12.9. The number of hydrogen-bond donors (Lipinski definition) is 0. The summed E-state index contributed by atoms with van der Waals surface area (Å²) in [5.41, 5.74) is 0.555. The van der Waals surface area contributed by atoms with Gasteiger partial charge in [-0.05, 0) is 51.9 Å². The van der Waals surface area contributed by atoms with Crippen molar-refractivity contribution in [2.24, 2.45) is 0 Å². The minimum Gasteiger partial charge on any atom is -0.301 e. The lowest BCUT2D eigenvalue weighted by Gasteiger charge is -2.33. The van der Waals surface area contributed by atoms with Gasteiger partial charge in [0.05, 0.1) is 16.3 Å².